The van der Waals surface area contributed by atoms with Crippen LogP contribution in [0.15, 0.2) is 35.4 Å². The number of hydrogen-bond acceptors (Lipinski definition) is 3. The number of carbonyl (C=O) groups is 2. The van der Waals surface area contributed by atoms with Gasteiger partial charge in [-0.1, -0.05) is 30.2 Å². The summed E-state index contributed by atoms with van der Waals surface area (Å²) < 4.78 is 0. The lowest BCUT2D eigenvalue weighted by atomic mass is 10.1. The number of carboxylic acids is 1. The van der Waals surface area contributed by atoms with Gasteiger partial charge in [-0.05, 0) is 24.1 Å². The standard InChI is InChI=1S/C12H14N4O3/c1-2-10(12(18)19)16(11(17)8-14-15-13)9-6-4-3-5-7-9/h3-7,10H,2,8H2,1H3,(H,18,19). The maximum Gasteiger partial charge on any atom is 0.326 e. The molecule has 7 heteroatoms. The first-order chi connectivity index (χ1) is 9.11. The van der Waals surface area contributed by atoms with Crippen LogP contribution in [-0.2, 0) is 9.59 Å². The van der Waals surface area contributed by atoms with Crippen LogP contribution in [0.1, 0.15) is 13.3 Å². The SMILES string of the molecule is CCC(C(=O)O)N(C(=O)CN=[N+]=[N-])c1ccccc1. The van der Waals surface area contributed by atoms with Gasteiger partial charge in [0.05, 0.1) is 0 Å². The quantitative estimate of drug-likeness (QED) is 0.482. The Morgan fingerprint density at radius 3 is 2.53 bits per heavy atom. The first kappa shape index (κ1) is 14.5. The highest BCUT2D eigenvalue weighted by molar-refractivity contribution is 6.00. The molecule has 1 N–H and O–H groups in total. The van der Waals surface area contributed by atoms with Crippen molar-refractivity contribution in [1.82, 2.24) is 0 Å². The minimum Gasteiger partial charge on any atom is -0.480 e. The van der Waals surface area contributed by atoms with Crippen LogP contribution in [-0.4, -0.2) is 29.6 Å². The van der Waals surface area contributed by atoms with Crippen molar-refractivity contribution >= 4 is 17.6 Å². The number of hydrogen-bond donors (Lipinski definition) is 1. The topological polar surface area (TPSA) is 106 Å². The number of carboxylic acid groups (broad SMARTS) is 1. The highest BCUT2D eigenvalue weighted by Crippen LogP contribution is 2.19. The van der Waals surface area contributed by atoms with Crippen molar-refractivity contribution in [3.8, 4) is 0 Å². The van der Waals surface area contributed by atoms with E-state index in [4.69, 9.17) is 5.53 Å². The Morgan fingerprint density at radius 1 is 1.42 bits per heavy atom. The Bertz CT molecular complexity index is 497. The van der Waals surface area contributed by atoms with Crippen LogP contribution in [0.25, 0.3) is 10.4 Å². The van der Waals surface area contributed by atoms with E-state index in [0.717, 1.165) is 4.90 Å². The number of carbonyl (C=O) groups excluding carboxylic acids is 1. The molecular formula is C12H14N4O3. The van der Waals surface area contributed by atoms with Crippen LogP contribution in [0.4, 0.5) is 5.69 Å². The molecule has 0 radical (unpaired) electrons. The van der Waals surface area contributed by atoms with Gasteiger partial charge in [-0.15, -0.1) is 0 Å². The van der Waals surface area contributed by atoms with E-state index in [-0.39, 0.29) is 6.42 Å². The van der Waals surface area contributed by atoms with Gasteiger partial charge in [-0.3, -0.25) is 9.69 Å². The molecule has 1 amide bonds. The summed E-state index contributed by atoms with van der Waals surface area (Å²) in [6.07, 6.45) is 0.256. The second-order valence-electron chi connectivity index (χ2n) is 3.75. The monoisotopic (exact) mass is 262 g/mol. The molecule has 19 heavy (non-hydrogen) atoms. The molecule has 0 aliphatic carbocycles. The fourth-order valence-electron chi connectivity index (χ4n) is 1.72. The number of benzene rings is 1. The first-order valence-corrected chi connectivity index (χ1v) is 5.72. The molecule has 0 spiro atoms. The van der Waals surface area contributed by atoms with E-state index in [2.05, 4.69) is 10.0 Å². The molecule has 0 bridgehead atoms. The zero-order valence-corrected chi connectivity index (χ0v) is 10.4. The minimum atomic E-state index is -1.10. The fraction of sp³-hybridized carbons (Fsp3) is 0.333. The second kappa shape index (κ2) is 7.03. The maximum absolute atomic E-state index is 12.0. The van der Waals surface area contributed by atoms with Crippen molar-refractivity contribution in [2.75, 3.05) is 11.4 Å². The average Bonchev–Trinajstić information content (AvgIpc) is 2.42. The molecule has 0 saturated heterocycles. The van der Waals surface area contributed by atoms with Crippen LogP contribution in [0, 0.1) is 0 Å². The van der Waals surface area contributed by atoms with E-state index in [9.17, 15) is 14.7 Å². The predicted octanol–water partition coefficient (Wildman–Crippen LogP) is 2.19. The summed E-state index contributed by atoms with van der Waals surface area (Å²) in [7, 11) is 0. The summed E-state index contributed by atoms with van der Waals surface area (Å²) in [5.74, 6) is -1.64. The van der Waals surface area contributed by atoms with Crippen LogP contribution in [0.2, 0.25) is 0 Å². The van der Waals surface area contributed by atoms with E-state index < -0.39 is 24.5 Å². The van der Waals surface area contributed by atoms with Gasteiger partial charge in [0.15, 0.2) is 0 Å². The van der Waals surface area contributed by atoms with Gasteiger partial charge in [0, 0.05) is 10.6 Å². The maximum atomic E-state index is 12.0. The number of rotatable bonds is 6. The molecule has 0 saturated carbocycles. The molecule has 0 aromatic heterocycles. The molecule has 0 heterocycles. The summed E-state index contributed by atoms with van der Waals surface area (Å²) >= 11 is 0. The molecule has 1 aromatic rings. The second-order valence-corrected chi connectivity index (χ2v) is 3.75. The fourth-order valence-corrected chi connectivity index (χ4v) is 1.72. The highest BCUT2D eigenvalue weighted by Gasteiger charge is 2.28. The summed E-state index contributed by atoms with van der Waals surface area (Å²) in [4.78, 5) is 26.9. The third-order valence-corrected chi connectivity index (χ3v) is 2.56. The number of nitrogens with zero attached hydrogens (tertiary/aromatic N) is 4. The molecule has 1 aromatic carbocycles. The number of azide groups is 1. The zero-order valence-electron chi connectivity index (χ0n) is 10.4. The molecular weight excluding hydrogens is 248 g/mol. The summed E-state index contributed by atoms with van der Waals surface area (Å²) in [6, 6.07) is 7.47. The lowest BCUT2D eigenvalue weighted by Crippen LogP contribution is -2.46. The Balaban J connectivity index is 3.13. The van der Waals surface area contributed by atoms with Gasteiger partial charge in [0.1, 0.15) is 12.6 Å². The van der Waals surface area contributed by atoms with Crippen LogP contribution >= 0.6 is 0 Å². The van der Waals surface area contributed by atoms with E-state index in [1.807, 2.05) is 0 Å². The van der Waals surface area contributed by atoms with Gasteiger partial charge < -0.3 is 5.11 Å². The van der Waals surface area contributed by atoms with E-state index >= 15 is 0 Å². The minimum absolute atomic E-state index is 0.256. The molecule has 1 rings (SSSR count). The van der Waals surface area contributed by atoms with Gasteiger partial charge in [0.2, 0.25) is 5.91 Å². The van der Waals surface area contributed by atoms with E-state index in [0.29, 0.717) is 5.69 Å². The van der Waals surface area contributed by atoms with Gasteiger partial charge in [0.25, 0.3) is 0 Å². The van der Waals surface area contributed by atoms with Crippen molar-refractivity contribution in [3.05, 3.63) is 40.8 Å². The first-order valence-electron chi connectivity index (χ1n) is 5.72. The normalized spacial score (nSPS) is 11.2. The van der Waals surface area contributed by atoms with Crippen LogP contribution in [0.5, 0.6) is 0 Å². The van der Waals surface area contributed by atoms with Crippen molar-refractivity contribution in [2.45, 2.75) is 19.4 Å². The van der Waals surface area contributed by atoms with Crippen molar-refractivity contribution in [1.29, 1.82) is 0 Å². The zero-order chi connectivity index (χ0) is 14.3. The third kappa shape index (κ3) is 3.72. The number of aliphatic carboxylic acids is 1. The summed E-state index contributed by atoms with van der Waals surface area (Å²) in [6.45, 7) is 1.27. The molecule has 1 unspecified atom stereocenters. The lowest BCUT2D eigenvalue weighted by molar-refractivity contribution is -0.140. The molecule has 7 nitrogen and oxygen atoms in total. The molecule has 0 aliphatic heterocycles. The number of amides is 1. The Labute approximate surface area is 110 Å². The molecule has 100 valence electrons. The van der Waals surface area contributed by atoms with Gasteiger partial charge >= 0.3 is 5.97 Å². The van der Waals surface area contributed by atoms with Crippen LogP contribution in [0.3, 0.4) is 0 Å². The van der Waals surface area contributed by atoms with E-state index in [1.54, 1.807) is 37.3 Å². The Morgan fingerprint density at radius 2 is 2.05 bits per heavy atom. The smallest absolute Gasteiger partial charge is 0.326 e. The number of para-hydroxylation sites is 1. The van der Waals surface area contributed by atoms with E-state index in [1.165, 1.54) is 0 Å². The lowest BCUT2D eigenvalue weighted by Gasteiger charge is -2.28. The summed E-state index contributed by atoms with van der Waals surface area (Å²) in [5, 5.41) is 12.4. The van der Waals surface area contributed by atoms with Crippen LogP contribution < -0.4 is 4.90 Å². The summed E-state index contributed by atoms with van der Waals surface area (Å²) in [5.41, 5.74) is 8.71. The average molecular weight is 262 g/mol. The Hall–Kier alpha value is -2.53. The van der Waals surface area contributed by atoms with Gasteiger partial charge in [-0.25, -0.2) is 4.79 Å². The largest absolute Gasteiger partial charge is 0.480 e. The number of anilines is 1. The molecule has 0 fully saturated rings. The Kier molecular flexibility index (Phi) is 5.37. The third-order valence-electron chi connectivity index (χ3n) is 2.56. The molecule has 1 atom stereocenters. The highest BCUT2D eigenvalue weighted by atomic mass is 16.4. The van der Waals surface area contributed by atoms with Crippen molar-refractivity contribution < 1.29 is 14.7 Å². The predicted molar refractivity (Wildman–Crippen MR) is 69.7 cm³/mol. The molecule has 0 aliphatic rings. The van der Waals surface area contributed by atoms with Crippen molar-refractivity contribution in [3.63, 3.8) is 0 Å². The van der Waals surface area contributed by atoms with Gasteiger partial charge in [-0.2, -0.15) is 0 Å². The van der Waals surface area contributed by atoms with Crippen molar-refractivity contribution in [2.24, 2.45) is 5.11 Å².